The van der Waals surface area contributed by atoms with Crippen LogP contribution in [0.4, 0.5) is 41.9 Å². The summed E-state index contributed by atoms with van der Waals surface area (Å²) in [5.74, 6) is 0.273. The fourth-order valence-electron chi connectivity index (χ4n) is 8.10. The first-order valence-electron chi connectivity index (χ1n) is 20.6. The third-order valence-electron chi connectivity index (χ3n) is 11.3. The van der Waals surface area contributed by atoms with Crippen LogP contribution in [0.3, 0.4) is 0 Å². The molecule has 9 rings (SSSR count). The first kappa shape index (κ1) is 45.6. The Morgan fingerprint density at radius 1 is 0.646 bits per heavy atom. The van der Waals surface area contributed by atoms with E-state index in [1.54, 1.807) is 70.6 Å². The van der Waals surface area contributed by atoms with Gasteiger partial charge < -0.3 is 35.3 Å². The SMILES string of the molecule is O=C(O)c1ccccc1-c1cnc2c(c1)N(Cc1cc(Cl)ccc1Cl)CCN2.O=C(c1cnc2c(c1)N(Cc1cc(Cl)ccc1Cl)CCN2)N1CCN(c2ccccc2C(F)(F)F)CC1. The van der Waals surface area contributed by atoms with Crippen LogP contribution in [-0.4, -0.2) is 84.2 Å². The number of benzene rings is 4. The average Bonchev–Trinajstić information content (AvgIpc) is 3.31. The Hall–Kier alpha value is -5.93. The Balaban J connectivity index is 0.000000184. The number of hydrogen-bond donors (Lipinski definition) is 3. The topological polar surface area (TPSA) is 117 Å². The van der Waals surface area contributed by atoms with Gasteiger partial charge in [-0.25, -0.2) is 14.8 Å². The number of anilines is 5. The van der Waals surface area contributed by atoms with Crippen LogP contribution in [0.25, 0.3) is 11.1 Å². The molecule has 1 fully saturated rings. The van der Waals surface area contributed by atoms with Crippen LogP contribution in [0.5, 0.6) is 0 Å². The lowest BCUT2D eigenvalue weighted by Gasteiger charge is -2.37. The highest BCUT2D eigenvalue weighted by Crippen LogP contribution is 2.38. The van der Waals surface area contributed by atoms with Crippen LogP contribution >= 0.6 is 46.4 Å². The predicted octanol–water partition coefficient (Wildman–Crippen LogP) is 11.0. The molecule has 1 amide bonds. The van der Waals surface area contributed by atoms with Gasteiger partial charge in [0.1, 0.15) is 11.6 Å². The molecule has 18 heteroatoms. The smallest absolute Gasteiger partial charge is 0.418 e. The van der Waals surface area contributed by atoms with Gasteiger partial charge in [0, 0.05) is 109 Å². The minimum absolute atomic E-state index is 0.138. The number of aromatic carboxylic acids is 1. The molecule has 3 aliphatic heterocycles. The monoisotopic (exact) mass is 962 g/mol. The number of halogens is 7. The molecule has 336 valence electrons. The molecule has 6 aromatic rings. The maximum atomic E-state index is 13.5. The normalized spacial score (nSPS) is 14.6. The third-order valence-corrected chi connectivity index (χ3v) is 12.5. The van der Waals surface area contributed by atoms with Crippen molar-refractivity contribution in [1.82, 2.24) is 14.9 Å². The van der Waals surface area contributed by atoms with Crippen LogP contribution in [0.2, 0.25) is 20.1 Å². The lowest BCUT2D eigenvalue weighted by Crippen LogP contribution is -2.49. The second-order valence-corrected chi connectivity index (χ2v) is 17.2. The molecule has 0 unspecified atom stereocenters. The molecule has 0 bridgehead atoms. The number of carbonyl (C=O) groups excluding carboxylic acids is 1. The number of nitrogens with one attached hydrogen (secondary N) is 2. The number of para-hydroxylation sites is 1. The van der Waals surface area contributed by atoms with Gasteiger partial charge in [-0.3, -0.25) is 4.79 Å². The van der Waals surface area contributed by atoms with Gasteiger partial charge in [0.25, 0.3) is 5.91 Å². The van der Waals surface area contributed by atoms with E-state index in [0.29, 0.717) is 89.4 Å². The second kappa shape index (κ2) is 19.7. The van der Waals surface area contributed by atoms with E-state index in [0.717, 1.165) is 53.0 Å². The lowest BCUT2D eigenvalue weighted by molar-refractivity contribution is -0.137. The summed E-state index contributed by atoms with van der Waals surface area (Å²) in [4.78, 5) is 41.5. The summed E-state index contributed by atoms with van der Waals surface area (Å²) in [6.45, 7) is 5.20. The Kier molecular flexibility index (Phi) is 13.8. The summed E-state index contributed by atoms with van der Waals surface area (Å²) in [6.07, 6.45) is -1.20. The van der Waals surface area contributed by atoms with E-state index in [4.69, 9.17) is 46.4 Å². The quantitative estimate of drug-likeness (QED) is 0.136. The van der Waals surface area contributed by atoms with Gasteiger partial charge in [0.2, 0.25) is 0 Å². The van der Waals surface area contributed by atoms with Crippen LogP contribution in [0, 0.1) is 0 Å². The Labute approximate surface area is 393 Å². The van der Waals surface area contributed by atoms with Gasteiger partial charge in [0.05, 0.1) is 28.1 Å². The molecule has 0 spiro atoms. The number of fused-ring (bicyclic) bond motifs is 2. The fraction of sp³-hybridized carbons (Fsp3) is 0.234. The Morgan fingerprint density at radius 3 is 1.80 bits per heavy atom. The van der Waals surface area contributed by atoms with Crippen LogP contribution in [0.1, 0.15) is 37.4 Å². The molecule has 11 nitrogen and oxygen atoms in total. The number of carbonyl (C=O) groups is 2. The van der Waals surface area contributed by atoms with E-state index in [9.17, 15) is 27.9 Å². The molecule has 0 radical (unpaired) electrons. The van der Waals surface area contributed by atoms with Crippen molar-refractivity contribution in [1.29, 1.82) is 0 Å². The second-order valence-electron chi connectivity index (χ2n) is 15.5. The maximum Gasteiger partial charge on any atom is 0.418 e. The van der Waals surface area contributed by atoms with Gasteiger partial charge in [0.15, 0.2) is 0 Å². The molecule has 5 heterocycles. The molecule has 2 aromatic heterocycles. The predicted molar refractivity (Wildman–Crippen MR) is 252 cm³/mol. The highest BCUT2D eigenvalue weighted by molar-refractivity contribution is 6.34. The minimum atomic E-state index is -4.44. The Morgan fingerprint density at radius 2 is 1.20 bits per heavy atom. The molecule has 4 aromatic carbocycles. The summed E-state index contributed by atoms with van der Waals surface area (Å²) < 4.78 is 40.4. The number of carboxylic acids is 1. The Bertz CT molecular complexity index is 2740. The van der Waals surface area contributed by atoms with Crippen molar-refractivity contribution in [2.45, 2.75) is 19.3 Å². The number of alkyl halides is 3. The van der Waals surface area contributed by atoms with Crippen molar-refractivity contribution in [3.05, 3.63) is 157 Å². The first-order valence-corrected chi connectivity index (χ1v) is 22.1. The number of amides is 1. The van der Waals surface area contributed by atoms with Crippen LogP contribution < -0.4 is 25.3 Å². The van der Waals surface area contributed by atoms with E-state index in [1.165, 1.54) is 18.3 Å². The van der Waals surface area contributed by atoms with E-state index in [2.05, 4.69) is 30.4 Å². The standard InChI is InChI=1S/C26H24Cl2F3N5O.C21H17Cl2N3O2/c27-19-5-6-21(28)18(13-19)16-36-8-7-32-24-23(36)14-17(15-33-24)25(37)35-11-9-34(10-12-35)22-4-2-1-3-20(22)26(29,30)31;22-15-5-6-18(23)14(9-15)12-26-8-7-24-20-19(26)10-13(11-25-20)16-3-1-2-4-17(16)21(27)28/h1-6,13-15H,7-12,16H2,(H,32,33);1-6,9-11H,7-8,12H2,(H,24,25)(H,27,28). The van der Waals surface area contributed by atoms with Crippen molar-refractivity contribution in [2.24, 2.45) is 0 Å². The molecule has 3 N–H and O–H groups in total. The van der Waals surface area contributed by atoms with E-state index < -0.39 is 17.7 Å². The zero-order valence-corrected chi connectivity index (χ0v) is 37.6. The number of hydrogen-bond acceptors (Lipinski definition) is 9. The number of carboxylic acid groups (broad SMARTS) is 1. The molecule has 0 aliphatic carbocycles. The van der Waals surface area contributed by atoms with Gasteiger partial charge in [-0.15, -0.1) is 0 Å². The highest BCUT2D eigenvalue weighted by atomic mass is 35.5. The average molecular weight is 965 g/mol. The fourth-order valence-corrected chi connectivity index (χ4v) is 8.84. The summed E-state index contributed by atoms with van der Waals surface area (Å²) >= 11 is 25.0. The van der Waals surface area contributed by atoms with Gasteiger partial charge in [-0.05, 0) is 83.4 Å². The van der Waals surface area contributed by atoms with E-state index >= 15 is 0 Å². The van der Waals surface area contributed by atoms with Crippen molar-refractivity contribution < 1.29 is 27.9 Å². The molecule has 3 aliphatic rings. The molecule has 0 saturated carbocycles. The van der Waals surface area contributed by atoms with E-state index in [1.807, 2.05) is 24.3 Å². The van der Waals surface area contributed by atoms with Crippen LogP contribution in [-0.2, 0) is 19.3 Å². The van der Waals surface area contributed by atoms with E-state index in [-0.39, 0.29) is 17.2 Å². The van der Waals surface area contributed by atoms with Gasteiger partial charge in [-0.1, -0.05) is 76.7 Å². The number of piperazine rings is 1. The summed E-state index contributed by atoms with van der Waals surface area (Å²) in [7, 11) is 0. The van der Waals surface area contributed by atoms with Crippen molar-refractivity contribution >= 4 is 87.0 Å². The molecule has 65 heavy (non-hydrogen) atoms. The molecular weight excluding hydrogens is 923 g/mol. The summed E-state index contributed by atoms with van der Waals surface area (Å²) in [5.41, 5.74) is 5.02. The van der Waals surface area contributed by atoms with Gasteiger partial charge in [-0.2, -0.15) is 13.2 Å². The summed E-state index contributed by atoms with van der Waals surface area (Å²) in [6, 6.07) is 27.0. The van der Waals surface area contributed by atoms with Crippen LogP contribution in [0.15, 0.2) is 109 Å². The largest absolute Gasteiger partial charge is 0.478 e. The maximum absolute atomic E-state index is 13.5. The third kappa shape index (κ3) is 10.5. The molecule has 1 saturated heterocycles. The highest BCUT2D eigenvalue weighted by Gasteiger charge is 2.36. The van der Waals surface area contributed by atoms with Crippen molar-refractivity contribution in [2.75, 3.05) is 77.7 Å². The summed E-state index contributed by atoms with van der Waals surface area (Å²) in [5, 5.41) is 18.5. The number of rotatable bonds is 8. The zero-order valence-electron chi connectivity index (χ0n) is 34.6. The zero-order chi connectivity index (χ0) is 45.8. The number of nitrogens with zero attached hydrogens (tertiary/aromatic N) is 6. The molecule has 0 atom stereocenters. The van der Waals surface area contributed by atoms with Gasteiger partial charge >= 0.3 is 12.1 Å². The number of aromatic nitrogens is 2. The van der Waals surface area contributed by atoms with Crippen molar-refractivity contribution in [3.8, 4) is 11.1 Å². The minimum Gasteiger partial charge on any atom is -0.478 e. The lowest BCUT2D eigenvalue weighted by atomic mass is 10.0. The number of pyridine rings is 2. The molecular formula is C47H41Cl4F3N8O3. The van der Waals surface area contributed by atoms with Crippen molar-refractivity contribution in [3.63, 3.8) is 0 Å². The first-order chi connectivity index (χ1) is 31.2.